The number of nitrogens with zero attached hydrogens (tertiary/aromatic N) is 3. The first-order valence-electron chi connectivity index (χ1n) is 11.6. The number of anilines is 2. The highest BCUT2D eigenvalue weighted by molar-refractivity contribution is 7.07. The predicted molar refractivity (Wildman–Crippen MR) is 140 cm³/mol. The van der Waals surface area contributed by atoms with Crippen LogP contribution in [-0.4, -0.2) is 28.5 Å². The van der Waals surface area contributed by atoms with Gasteiger partial charge in [0.25, 0.3) is 5.56 Å². The fraction of sp³-hybridized carbons (Fsp3) is 0.440. The van der Waals surface area contributed by atoms with E-state index in [2.05, 4.69) is 21.7 Å². The quantitative estimate of drug-likeness (QED) is 0.636. The van der Waals surface area contributed by atoms with Gasteiger partial charge < -0.3 is 15.4 Å². The number of nitrogens with one attached hydrogen (secondary N) is 2. The van der Waals surface area contributed by atoms with Crippen LogP contribution >= 0.6 is 22.9 Å². The van der Waals surface area contributed by atoms with E-state index in [1.165, 1.54) is 11.3 Å². The van der Waals surface area contributed by atoms with Crippen molar-refractivity contribution in [1.29, 1.82) is 5.26 Å². The summed E-state index contributed by atoms with van der Waals surface area (Å²) >= 11 is 7.46. The number of aromatic nitrogens is 1. The summed E-state index contributed by atoms with van der Waals surface area (Å²) in [6, 6.07) is 7.40. The number of thiazole rings is 1. The average molecular weight is 514 g/mol. The van der Waals surface area contributed by atoms with Crippen molar-refractivity contribution in [3.05, 3.63) is 42.8 Å². The van der Waals surface area contributed by atoms with E-state index in [-0.39, 0.29) is 29.2 Å². The first-order chi connectivity index (χ1) is 16.6. The Hall–Kier alpha value is -3.09. The normalized spacial score (nSPS) is 20.6. The molecule has 2 atom stereocenters. The predicted octanol–water partition coefficient (Wildman–Crippen LogP) is 3.44. The van der Waals surface area contributed by atoms with Crippen LogP contribution in [0, 0.1) is 16.7 Å². The molecule has 1 aliphatic heterocycles. The summed E-state index contributed by atoms with van der Waals surface area (Å²) in [5.41, 5.74) is 0.683. The lowest BCUT2D eigenvalue weighted by Gasteiger charge is -2.18. The Bertz CT molecular complexity index is 1410. The highest BCUT2D eigenvalue weighted by atomic mass is 35.5. The number of aliphatic imine (C=N–C) groups is 1. The summed E-state index contributed by atoms with van der Waals surface area (Å²) in [5, 5.41) is 16.3. The van der Waals surface area contributed by atoms with Gasteiger partial charge in [0, 0.05) is 34.6 Å². The molecular formula is C25H28ClN5O3S. The molecule has 4 rings (SSSR count). The zero-order valence-corrected chi connectivity index (χ0v) is 21.7. The fourth-order valence-corrected chi connectivity index (χ4v) is 5.35. The van der Waals surface area contributed by atoms with Gasteiger partial charge >= 0.3 is 0 Å². The van der Waals surface area contributed by atoms with Crippen LogP contribution < -0.4 is 25.4 Å². The van der Waals surface area contributed by atoms with E-state index in [1.807, 2.05) is 27.7 Å². The van der Waals surface area contributed by atoms with Gasteiger partial charge in [-0.1, -0.05) is 32.4 Å². The molecule has 0 unspecified atom stereocenters. The maximum Gasteiger partial charge on any atom is 0.270 e. The van der Waals surface area contributed by atoms with E-state index in [0.29, 0.717) is 38.0 Å². The van der Waals surface area contributed by atoms with Gasteiger partial charge in [-0.15, -0.1) is 11.3 Å². The van der Waals surface area contributed by atoms with Crippen LogP contribution in [0.3, 0.4) is 0 Å². The molecule has 1 fully saturated rings. The van der Waals surface area contributed by atoms with Crippen LogP contribution in [0.1, 0.15) is 47.0 Å². The largest absolute Gasteiger partial charge is 0.471 e. The second-order valence-corrected chi connectivity index (χ2v) is 11.1. The van der Waals surface area contributed by atoms with Gasteiger partial charge in [-0.2, -0.15) is 5.26 Å². The molecule has 2 aliphatic rings. The number of hydrogen-bond acceptors (Lipinski definition) is 7. The number of nitriles is 1. The molecule has 184 valence electrons. The van der Waals surface area contributed by atoms with Gasteiger partial charge in [0.2, 0.25) is 11.8 Å². The third kappa shape index (κ3) is 5.29. The van der Waals surface area contributed by atoms with Crippen molar-refractivity contribution >= 4 is 57.9 Å². The second kappa shape index (κ2) is 9.88. The Kier molecular flexibility index (Phi) is 7.06. The Morgan fingerprint density at radius 3 is 2.74 bits per heavy atom. The van der Waals surface area contributed by atoms with Gasteiger partial charge in [0.05, 0.1) is 6.04 Å². The number of carbonyl (C=O) groups is 1. The van der Waals surface area contributed by atoms with E-state index in [1.54, 1.807) is 29.0 Å². The zero-order valence-electron chi connectivity index (χ0n) is 20.1. The number of ether oxygens (including phenoxy) is 1. The number of halogens is 1. The first kappa shape index (κ1) is 25.0. The van der Waals surface area contributed by atoms with E-state index in [0.717, 1.165) is 19.3 Å². The van der Waals surface area contributed by atoms with Gasteiger partial charge in [-0.3, -0.25) is 14.2 Å². The summed E-state index contributed by atoms with van der Waals surface area (Å²) < 4.78 is 8.47. The van der Waals surface area contributed by atoms with Crippen LogP contribution in [0.4, 0.5) is 11.4 Å². The Morgan fingerprint density at radius 2 is 2.09 bits per heavy atom. The van der Waals surface area contributed by atoms with Crippen molar-refractivity contribution in [3.63, 3.8) is 0 Å². The van der Waals surface area contributed by atoms with E-state index >= 15 is 0 Å². The minimum Gasteiger partial charge on any atom is -0.471 e. The lowest BCUT2D eigenvalue weighted by atomic mass is 9.95. The molecule has 2 N–H and O–H groups in total. The summed E-state index contributed by atoms with van der Waals surface area (Å²) in [5.74, 6) is 0.198. The molecule has 10 heteroatoms. The number of benzene rings is 1. The highest BCUT2D eigenvalue weighted by Crippen LogP contribution is 2.31. The van der Waals surface area contributed by atoms with Crippen molar-refractivity contribution in [2.75, 3.05) is 10.6 Å². The smallest absolute Gasteiger partial charge is 0.270 e. The molecule has 0 spiro atoms. The van der Waals surface area contributed by atoms with Gasteiger partial charge in [-0.05, 0) is 44.4 Å². The van der Waals surface area contributed by atoms with Crippen molar-refractivity contribution in [2.45, 2.75) is 65.6 Å². The number of fused-ring (bicyclic) bond motifs is 1. The molecule has 0 bridgehead atoms. The van der Waals surface area contributed by atoms with Crippen molar-refractivity contribution in [3.8, 4) is 6.07 Å². The number of hydrogen-bond donors (Lipinski definition) is 2. The molecule has 1 aromatic carbocycles. The topological polar surface area (TPSA) is 109 Å². The standard InChI is InChI=1S/C25H28ClN5O3S/c1-5-31-22(32)20(35-23(31)17(12-27)21-30-18-7-6-8-19(18)34-21)13-28-15-9-14(26)10-16(11-15)29-24(33)25(2,3)4/h9-11,13,18-19,28H,5-8H2,1-4H3,(H,29,33)/t18-,19+/m0/s1. The number of rotatable bonds is 5. The number of carbonyl (C=O) groups excluding carboxylic acids is 1. The Morgan fingerprint density at radius 1 is 1.34 bits per heavy atom. The molecular weight excluding hydrogens is 486 g/mol. The van der Waals surface area contributed by atoms with E-state index in [9.17, 15) is 14.9 Å². The summed E-state index contributed by atoms with van der Waals surface area (Å²) in [6.45, 7) is 7.75. The molecule has 1 saturated carbocycles. The van der Waals surface area contributed by atoms with Crippen LogP contribution in [-0.2, 0) is 16.1 Å². The Balaban J connectivity index is 1.68. The van der Waals surface area contributed by atoms with Crippen LogP contribution in [0.25, 0.3) is 11.8 Å². The second-order valence-electron chi connectivity index (χ2n) is 9.62. The molecule has 0 saturated heterocycles. The van der Waals surface area contributed by atoms with Crippen LogP contribution in [0.15, 0.2) is 28.0 Å². The average Bonchev–Trinajstić information content (AvgIpc) is 3.46. The fourth-order valence-electron chi connectivity index (χ4n) is 4.03. The molecule has 0 radical (unpaired) electrons. The molecule has 1 aromatic heterocycles. The lowest BCUT2D eigenvalue weighted by Crippen LogP contribution is -2.32. The van der Waals surface area contributed by atoms with Gasteiger partial charge in [0.15, 0.2) is 0 Å². The maximum absolute atomic E-state index is 13.1. The molecule has 35 heavy (non-hydrogen) atoms. The molecule has 8 nitrogen and oxygen atoms in total. The van der Waals surface area contributed by atoms with Crippen molar-refractivity contribution < 1.29 is 9.53 Å². The van der Waals surface area contributed by atoms with E-state index < -0.39 is 5.41 Å². The van der Waals surface area contributed by atoms with Crippen molar-refractivity contribution in [2.24, 2.45) is 10.4 Å². The summed E-state index contributed by atoms with van der Waals surface area (Å²) in [4.78, 5) is 30.0. The monoisotopic (exact) mass is 513 g/mol. The lowest BCUT2D eigenvalue weighted by molar-refractivity contribution is -0.123. The van der Waals surface area contributed by atoms with Crippen molar-refractivity contribution in [1.82, 2.24) is 4.57 Å². The first-order valence-corrected chi connectivity index (χ1v) is 12.8. The minimum atomic E-state index is -0.554. The van der Waals surface area contributed by atoms with Gasteiger partial charge in [-0.25, -0.2) is 4.99 Å². The van der Waals surface area contributed by atoms with E-state index in [4.69, 9.17) is 16.3 Å². The Labute approximate surface area is 212 Å². The highest BCUT2D eigenvalue weighted by Gasteiger charge is 2.36. The van der Waals surface area contributed by atoms with Crippen LogP contribution in [0.5, 0.6) is 0 Å². The molecule has 1 aliphatic carbocycles. The summed E-state index contributed by atoms with van der Waals surface area (Å²) in [6.07, 6.45) is 4.58. The third-order valence-corrected chi connectivity index (χ3v) is 7.28. The minimum absolute atomic E-state index is 0.0265. The maximum atomic E-state index is 13.1. The third-order valence-electron chi connectivity index (χ3n) is 5.93. The SMILES string of the molecule is CCn1c(=C(C#N)C2=N[C@H]3CCC[C@H]3O2)sc(=CNc2cc(Cl)cc(NC(=O)C(C)(C)C)c2)c1=O. The molecule has 1 amide bonds. The zero-order chi connectivity index (χ0) is 25.3. The molecule has 2 aromatic rings. The summed E-state index contributed by atoms with van der Waals surface area (Å²) in [7, 11) is 0. The number of amides is 1. The molecule has 2 heterocycles. The van der Waals surface area contributed by atoms with Gasteiger partial charge in [0.1, 0.15) is 26.9 Å². The van der Waals surface area contributed by atoms with Crippen LogP contribution in [0.2, 0.25) is 5.02 Å².